The minimum absolute atomic E-state index is 0.0305. The zero-order valence-corrected chi connectivity index (χ0v) is 13.2. The van der Waals surface area contributed by atoms with E-state index in [0.29, 0.717) is 10.3 Å². The fraction of sp³-hybridized carbons (Fsp3) is 0.357. The van der Waals surface area contributed by atoms with E-state index in [2.05, 4.69) is 25.6 Å². The van der Waals surface area contributed by atoms with Crippen LogP contribution in [0.2, 0.25) is 0 Å². The first-order chi connectivity index (χ1) is 9.58. The highest BCUT2D eigenvalue weighted by molar-refractivity contribution is 9.09. The van der Waals surface area contributed by atoms with Gasteiger partial charge in [-0.25, -0.2) is 13.1 Å². The fourth-order valence-electron chi connectivity index (χ4n) is 2.64. The Morgan fingerprint density at radius 3 is 2.85 bits per heavy atom. The van der Waals surface area contributed by atoms with E-state index in [-0.39, 0.29) is 10.9 Å². The van der Waals surface area contributed by atoms with Crippen LogP contribution in [-0.2, 0) is 10.0 Å². The molecule has 1 N–H and O–H groups in total. The van der Waals surface area contributed by atoms with Gasteiger partial charge in [0.1, 0.15) is 0 Å². The quantitative estimate of drug-likeness (QED) is 0.862. The predicted molar refractivity (Wildman–Crippen MR) is 82.4 cm³/mol. The minimum Gasteiger partial charge on any atom is -0.264 e. The van der Waals surface area contributed by atoms with Crippen molar-refractivity contribution in [2.45, 2.75) is 35.0 Å². The lowest BCUT2D eigenvalue weighted by Gasteiger charge is -2.17. The summed E-state index contributed by atoms with van der Waals surface area (Å²) >= 11 is 3.54. The number of rotatable bonds is 3. The Labute approximate surface area is 126 Å². The van der Waals surface area contributed by atoms with E-state index in [1.807, 2.05) is 6.07 Å². The van der Waals surface area contributed by atoms with Gasteiger partial charge < -0.3 is 0 Å². The Bertz CT molecular complexity index is 728. The molecule has 20 heavy (non-hydrogen) atoms. The van der Waals surface area contributed by atoms with Gasteiger partial charge in [0.05, 0.1) is 4.90 Å². The number of alkyl halides is 1. The number of fused-ring (bicyclic) bond motifs is 1. The lowest BCUT2D eigenvalue weighted by molar-refractivity contribution is 0.557. The zero-order chi connectivity index (χ0) is 14.2. The fourth-order valence-corrected chi connectivity index (χ4v) is 5.07. The van der Waals surface area contributed by atoms with Crippen molar-refractivity contribution < 1.29 is 8.42 Å². The van der Waals surface area contributed by atoms with Gasteiger partial charge in [0.15, 0.2) is 0 Å². The van der Waals surface area contributed by atoms with Crippen LogP contribution >= 0.6 is 15.9 Å². The molecule has 0 spiro atoms. The molecular weight excluding hydrogens is 340 g/mol. The molecule has 1 aromatic carbocycles. The molecule has 1 heterocycles. The third kappa shape index (κ3) is 2.60. The van der Waals surface area contributed by atoms with Crippen molar-refractivity contribution in [1.29, 1.82) is 0 Å². The van der Waals surface area contributed by atoms with Crippen molar-refractivity contribution >= 4 is 36.7 Å². The third-order valence-corrected chi connectivity index (χ3v) is 6.31. The van der Waals surface area contributed by atoms with Crippen LogP contribution in [0.5, 0.6) is 0 Å². The van der Waals surface area contributed by atoms with Crippen LogP contribution in [0.1, 0.15) is 19.3 Å². The van der Waals surface area contributed by atoms with Crippen LogP contribution in [0.25, 0.3) is 10.8 Å². The molecular formula is C14H15BrN2O2S. The van der Waals surface area contributed by atoms with Crippen LogP contribution in [0.4, 0.5) is 0 Å². The number of nitrogens with zero attached hydrogens (tertiary/aromatic N) is 1. The van der Waals surface area contributed by atoms with E-state index in [4.69, 9.17) is 0 Å². The molecule has 2 unspecified atom stereocenters. The number of benzene rings is 1. The summed E-state index contributed by atoms with van der Waals surface area (Å²) in [6.07, 6.45) is 6.22. The molecule has 106 valence electrons. The Morgan fingerprint density at radius 1 is 1.25 bits per heavy atom. The molecule has 2 atom stereocenters. The highest BCUT2D eigenvalue weighted by Crippen LogP contribution is 2.28. The molecule has 0 amide bonds. The highest BCUT2D eigenvalue weighted by atomic mass is 79.9. The van der Waals surface area contributed by atoms with Crippen molar-refractivity contribution in [3.8, 4) is 0 Å². The predicted octanol–water partition coefficient (Wildman–Crippen LogP) is 2.83. The summed E-state index contributed by atoms with van der Waals surface area (Å²) in [5, 5.41) is 1.54. The van der Waals surface area contributed by atoms with E-state index in [0.717, 1.165) is 24.6 Å². The lowest BCUT2D eigenvalue weighted by atomic mass is 10.2. The first kappa shape index (κ1) is 14.0. The molecule has 1 saturated carbocycles. The van der Waals surface area contributed by atoms with Crippen molar-refractivity contribution in [1.82, 2.24) is 9.71 Å². The zero-order valence-electron chi connectivity index (χ0n) is 10.8. The molecule has 3 rings (SSSR count). The molecule has 0 radical (unpaired) electrons. The van der Waals surface area contributed by atoms with E-state index >= 15 is 0 Å². The average Bonchev–Trinajstić information content (AvgIpc) is 2.83. The topological polar surface area (TPSA) is 59.1 Å². The van der Waals surface area contributed by atoms with Gasteiger partial charge in [-0.1, -0.05) is 34.5 Å². The average molecular weight is 355 g/mol. The van der Waals surface area contributed by atoms with Gasteiger partial charge in [0.2, 0.25) is 10.0 Å². The molecule has 0 bridgehead atoms. The van der Waals surface area contributed by atoms with Gasteiger partial charge in [-0.05, 0) is 25.0 Å². The van der Waals surface area contributed by atoms with Crippen LogP contribution in [0, 0.1) is 0 Å². The van der Waals surface area contributed by atoms with Crippen LogP contribution in [-0.4, -0.2) is 24.3 Å². The maximum atomic E-state index is 12.6. The Morgan fingerprint density at radius 2 is 2.10 bits per heavy atom. The van der Waals surface area contributed by atoms with E-state index < -0.39 is 10.0 Å². The van der Waals surface area contributed by atoms with Crippen LogP contribution in [0.15, 0.2) is 41.6 Å². The summed E-state index contributed by atoms with van der Waals surface area (Å²) in [5.41, 5.74) is 0. The second-order valence-electron chi connectivity index (χ2n) is 5.03. The molecule has 4 nitrogen and oxygen atoms in total. The number of pyridine rings is 1. The van der Waals surface area contributed by atoms with Crippen LogP contribution < -0.4 is 4.72 Å². The van der Waals surface area contributed by atoms with Crippen molar-refractivity contribution in [2.75, 3.05) is 0 Å². The van der Waals surface area contributed by atoms with Gasteiger partial charge in [-0.15, -0.1) is 0 Å². The summed E-state index contributed by atoms with van der Waals surface area (Å²) in [6, 6.07) is 6.97. The van der Waals surface area contributed by atoms with E-state index in [1.165, 1.54) is 0 Å². The Hall–Kier alpha value is -0.980. The van der Waals surface area contributed by atoms with Gasteiger partial charge in [0, 0.05) is 34.0 Å². The maximum absolute atomic E-state index is 12.6. The summed E-state index contributed by atoms with van der Waals surface area (Å²) < 4.78 is 28.0. The smallest absolute Gasteiger partial charge is 0.241 e. The van der Waals surface area contributed by atoms with Gasteiger partial charge in [0.25, 0.3) is 0 Å². The summed E-state index contributed by atoms with van der Waals surface area (Å²) in [6.45, 7) is 0. The van der Waals surface area contributed by atoms with Gasteiger partial charge in [-0.2, -0.15) is 0 Å². The van der Waals surface area contributed by atoms with Crippen molar-refractivity contribution in [3.63, 3.8) is 0 Å². The normalized spacial score (nSPS) is 23.2. The number of halogens is 1. The van der Waals surface area contributed by atoms with Crippen molar-refractivity contribution in [2.24, 2.45) is 0 Å². The molecule has 1 aromatic heterocycles. The van der Waals surface area contributed by atoms with E-state index in [9.17, 15) is 8.42 Å². The second kappa shape index (κ2) is 5.42. The van der Waals surface area contributed by atoms with Gasteiger partial charge in [-0.3, -0.25) is 4.98 Å². The summed E-state index contributed by atoms with van der Waals surface area (Å²) in [5.74, 6) is 0. The standard InChI is InChI=1S/C14H15BrN2O2S/c15-12-4-2-5-13(12)17-20(18,19)14-6-1-3-10-9-16-8-7-11(10)14/h1,3,6-9,12-13,17H,2,4-5H2. The second-order valence-corrected chi connectivity index (χ2v) is 7.89. The van der Waals surface area contributed by atoms with Gasteiger partial charge >= 0.3 is 0 Å². The molecule has 2 aromatic rings. The number of hydrogen-bond acceptors (Lipinski definition) is 3. The van der Waals surface area contributed by atoms with Crippen LogP contribution in [0.3, 0.4) is 0 Å². The van der Waals surface area contributed by atoms with E-state index in [1.54, 1.807) is 30.6 Å². The number of aromatic nitrogens is 1. The molecule has 6 heteroatoms. The number of sulfonamides is 1. The summed E-state index contributed by atoms with van der Waals surface area (Å²) in [4.78, 5) is 4.57. The number of hydrogen-bond donors (Lipinski definition) is 1. The Kier molecular flexibility index (Phi) is 3.79. The maximum Gasteiger partial charge on any atom is 0.241 e. The summed E-state index contributed by atoms with van der Waals surface area (Å²) in [7, 11) is -3.51. The third-order valence-electron chi connectivity index (χ3n) is 3.67. The molecule has 1 fully saturated rings. The monoisotopic (exact) mass is 354 g/mol. The number of nitrogens with one attached hydrogen (secondary N) is 1. The highest BCUT2D eigenvalue weighted by Gasteiger charge is 2.30. The molecule has 1 aliphatic carbocycles. The lowest BCUT2D eigenvalue weighted by Crippen LogP contribution is -2.37. The van der Waals surface area contributed by atoms with Crippen molar-refractivity contribution in [3.05, 3.63) is 36.7 Å². The first-order valence-corrected chi connectivity index (χ1v) is 8.97. The first-order valence-electron chi connectivity index (χ1n) is 6.57. The minimum atomic E-state index is -3.51. The molecule has 1 aliphatic rings. The molecule has 0 saturated heterocycles. The Balaban J connectivity index is 2.01. The SMILES string of the molecule is O=S(=O)(NC1CCCC1Br)c1cccc2cnccc12. The molecule has 0 aliphatic heterocycles. The largest absolute Gasteiger partial charge is 0.264 e.